The Morgan fingerprint density at radius 3 is 2.31 bits per heavy atom. The van der Waals surface area contributed by atoms with E-state index in [1.54, 1.807) is 24.3 Å². The van der Waals surface area contributed by atoms with E-state index in [-0.39, 0.29) is 5.97 Å². The quantitative estimate of drug-likeness (QED) is 0.579. The summed E-state index contributed by atoms with van der Waals surface area (Å²) in [5.74, 6) is -0.357. The minimum Gasteiger partial charge on any atom is -0.456 e. The topological polar surface area (TPSA) is 43.4 Å². The van der Waals surface area contributed by atoms with Crippen LogP contribution in [0.25, 0.3) is 0 Å². The van der Waals surface area contributed by atoms with Crippen LogP contribution in [0.4, 0.5) is 0 Å². The maximum absolute atomic E-state index is 11.7. The van der Waals surface area contributed by atoms with Gasteiger partial charge in [-0.1, -0.05) is 19.1 Å². The Morgan fingerprint density at radius 1 is 1.31 bits per heavy atom. The third-order valence-electron chi connectivity index (χ3n) is 2.50. The molecule has 1 aromatic carbocycles. The molecular formula is C13H16O3. The van der Waals surface area contributed by atoms with E-state index in [9.17, 15) is 9.59 Å². The molecule has 0 atom stereocenters. The summed E-state index contributed by atoms with van der Waals surface area (Å²) in [5.41, 5.74) is 0.555. The molecule has 0 bridgehead atoms. The molecule has 3 heteroatoms. The van der Waals surface area contributed by atoms with Crippen molar-refractivity contribution in [3.05, 3.63) is 35.4 Å². The Balaban J connectivity index is 2.77. The molecule has 0 radical (unpaired) electrons. The molecule has 0 N–H and O–H groups in total. The van der Waals surface area contributed by atoms with E-state index in [1.165, 1.54) is 0 Å². The van der Waals surface area contributed by atoms with Gasteiger partial charge in [0.05, 0.1) is 5.56 Å². The Morgan fingerprint density at radius 2 is 1.88 bits per heavy atom. The number of ether oxygens (including phenoxy) is 1. The first-order valence-corrected chi connectivity index (χ1v) is 5.27. The molecule has 16 heavy (non-hydrogen) atoms. The molecule has 0 aliphatic carbocycles. The number of rotatable bonds is 4. The van der Waals surface area contributed by atoms with Gasteiger partial charge in [0.2, 0.25) is 0 Å². The second-order valence-electron chi connectivity index (χ2n) is 4.24. The highest BCUT2D eigenvalue weighted by atomic mass is 16.6. The first kappa shape index (κ1) is 12.4. The van der Waals surface area contributed by atoms with Crippen molar-refractivity contribution in [2.75, 3.05) is 0 Å². The van der Waals surface area contributed by atoms with Crippen LogP contribution in [0.1, 0.15) is 47.9 Å². The highest BCUT2D eigenvalue weighted by molar-refractivity contribution is 5.90. The van der Waals surface area contributed by atoms with E-state index in [4.69, 9.17) is 4.74 Å². The van der Waals surface area contributed by atoms with E-state index < -0.39 is 5.60 Å². The normalized spacial score (nSPS) is 10.9. The lowest BCUT2D eigenvalue weighted by molar-refractivity contribution is -0.00244. The van der Waals surface area contributed by atoms with E-state index >= 15 is 0 Å². The van der Waals surface area contributed by atoms with Crippen molar-refractivity contribution in [1.82, 2.24) is 0 Å². The van der Waals surface area contributed by atoms with Crippen LogP contribution >= 0.6 is 0 Å². The Kier molecular flexibility index (Phi) is 3.82. The van der Waals surface area contributed by atoms with Gasteiger partial charge in [0.25, 0.3) is 0 Å². The summed E-state index contributed by atoms with van der Waals surface area (Å²) >= 11 is 0. The Labute approximate surface area is 95.4 Å². The van der Waals surface area contributed by atoms with Crippen LogP contribution in [0, 0.1) is 0 Å². The molecule has 0 heterocycles. The summed E-state index contributed by atoms with van der Waals surface area (Å²) in [4.78, 5) is 22.2. The molecule has 0 spiro atoms. The average Bonchev–Trinajstić information content (AvgIpc) is 2.28. The third kappa shape index (κ3) is 3.19. The molecule has 1 rings (SSSR count). The summed E-state index contributed by atoms with van der Waals surface area (Å²) < 4.78 is 5.32. The van der Waals surface area contributed by atoms with Gasteiger partial charge in [-0.3, -0.25) is 4.79 Å². The zero-order valence-electron chi connectivity index (χ0n) is 9.82. The molecule has 0 amide bonds. The second kappa shape index (κ2) is 4.92. The SMILES string of the molecule is CCC(C)(C)OC(=O)c1ccc(C=O)cc1. The smallest absolute Gasteiger partial charge is 0.338 e. The molecule has 0 aromatic heterocycles. The van der Waals surface area contributed by atoms with Gasteiger partial charge < -0.3 is 4.74 Å². The zero-order chi connectivity index (χ0) is 12.2. The van der Waals surface area contributed by atoms with Gasteiger partial charge in [-0.15, -0.1) is 0 Å². The summed E-state index contributed by atoms with van der Waals surface area (Å²) in [6.07, 6.45) is 1.50. The lowest BCUT2D eigenvalue weighted by Crippen LogP contribution is -2.27. The first-order valence-electron chi connectivity index (χ1n) is 5.27. The molecular weight excluding hydrogens is 204 g/mol. The molecule has 0 saturated heterocycles. The fourth-order valence-electron chi connectivity index (χ4n) is 1.08. The van der Waals surface area contributed by atoms with Crippen LogP contribution in [0.15, 0.2) is 24.3 Å². The van der Waals surface area contributed by atoms with Crippen molar-refractivity contribution in [1.29, 1.82) is 0 Å². The van der Waals surface area contributed by atoms with Gasteiger partial charge >= 0.3 is 5.97 Å². The van der Waals surface area contributed by atoms with Crippen LogP contribution in [0.3, 0.4) is 0 Å². The molecule has 86 valence electrons. The van der Waals surface area contributed by atoms with Crippen LogP contribution in [-0.4, -0.2) is 17.9 Å². The number of aldehydes is 1. The van der Waals surface area contributed by atoms with Gasteiger partial charge in [-0.2, -0.15) is 0 Å². The van der Waals surface area contributed by atoms with Crippen molar-refractivity contribution < 1.29 is 14.3 Å². The maximum atomic E-state index is 11.7. The molecule has 0 aliphatic heterocycles. The Hall–Kier alpha value is -1.64. The minimum atomic E-state index is -0.458. The number of carbonyl (C=O) groups is 2. The average molecular weight is 220 g/mol. The molecule has 3 nitrogen and oxygen atoms in total. The van der Waals surface area contributed by atoms with Crippen LogP contribution < -0.4 is 0 Å². The molecule has 0 fully saturated rings. The molecule has 0 saturated carbocycles. The number of hydrogen-bond acceptors (Lipinski definition) is 3. The Bertz CT molecular complexity index is 377. The van der Waals surface area contributed by atoms with E-state index in [0.29, 0.717) is 11.1 Å². The number of esters is 1. The predicted molar refractivity (Wildman–Crippen MR) is 61.6 cm³/mol. The monoisotopic (exact) mass is 220 g/mol. The van der Waals surface area contributed by atoms with Gasteiger partial charge in [0.15, 0.2) is 0 Å². The van der Waals surface area contributed by atoms with Crippen molar-refractivity contribution >= 4 is 12.3 Å². The molecule has 0 aliphatic rings. The first-order chi connectivity index (χ1) is 7.48. The minimum absolute atomic E-state index is 0.357. The van der Waals surface area contributed by atoms with Crippen molar-refractivity contribution in [2.24, 2.45) is 0 Å². The predicted octanol–water partition coefficient (Wildman–Crippen LogP) is 2.84. The van der Waals surface area contributed by atoms with Gasteiger partial charge in [0, 0.05) is 5.56 Å². The van der Waals surface area contributed by atoms with Gasteiger partial charge in [-0.05, 0) is 32.4 Å². The number of benzene rings is 1. The summed E-state index contributed by atoms with van der Waals surface area (Å²) in [6, 6.07) is 6.39. The lowest BCUT2D eigenvalue weighted by atomic mass is 10.1. The number of hydrogen-bond donors (Lipinski definition) is 0. The van der Waals surface area contributed by atoms with Crippen molar-refractivity contribution in [3.63, 3.8) is 0 Å². The summed E-state index contributed by atoms with van der Waals surface area (Å²) in [5, 5.41) is 0. The van der Waals surface area contributed by atoms with Crippen LogP contribution in [0.5, 0.6) is 0 Å². The van der Waals surface area contributed by atoms with Crippen molar-refractivity contribution in [2.45, 2.75) is 32.8 Å². The van der Waals surface area contributed by atoms with Crippen LogP contribution in [0.2, 0.25) is 0 Å². The van der Waals surface area contributed by atoms with Gasteiger partial charge in [0.1, 0.15) is 11.9 Å². The fraction of sp³-hybridized carbons (Fsp3) is 0.385. The maximum Gasteiger partial charge on any atom is 0.338 e. The molecule has 0 unspecified atom stereocenters. The van der Waals surface area contributed by atoms with E-state index in [1.807, 2.05) is 20.8 Å². The highest BCUT2D eigenvalue weighted by Gasteiger charge is 2.21. The van der Waals surface area contributed by atoms with Crippen molar-refractivity contribution in [3.8, 4) is 0 Å². The largest absolute Gasteiger partial charge is 0.456 e. The van der Waals surface area contributed by atoms with E-state index in [0.717, 1.165) is 12.7 Å². The second-order valence-corrected chi connectivity index (χ2v) is 4.24. The number of carbonyl (C=O) groups excluding carboxylic acids is 2. The van der Waals surface area contributed by atoms with Gasteiger partial charge in [-0.25, -0.2) is 4.79 Å². The highest BCUT2D eigenvalue weighted by Crippen LogP contribution is 2.16. The zero-order valence-corrected chi connectivity index (χ0v) is 9.82. The third-order valence-corrected chi connectivity index (χ3v) is 2.50. The standard InChI is InChI=1S/C13H16O3/c1-4-13(2,3)16-12(15)11-7-5-10(9-14)6-8-11/h5-9H,4H2,1-3H3. The lowest BCUT2D eigenvalue weighted by Gasteiger charge is -2.23. The molecule has 1 aromatic rings. The fourth-order valence-corrected chi connectivity index (χ4v) is 1.08. The summed E-state index contributed by atoms with van der Waals surface area (Å²) in [6.45, 7) is 5.69. The van der Waals surface area contributed by atoms with Crippen LogP contribution in [-0.2, 0) is 4.74 Å². The summed E-state index contributed by atoms with van der Waals surface area (Å²) in [7, 11) is 0. The van der Waals surface area contributed by atoms with E-state index in [2.05, 4.69) is 0 Å².